The minimum atomic E-state index is 0.0460. The summed E-state index contributed by atoms with van der Waals surface area (Å²) in [4.78, 5) is 17.3. The van der Waals surface area contributed by atoms with Crippen LogP contribution in [0.1, 0.15) is 24.2 Å². The molecule has 2 aromatic carbocycles. The number of fused-ring (bicyclic) bond motifs is 1. The zero-order valence-electron chi connectivity index (χ0n) is 14.5. The summed E-state index contributed by atoms with van der Waals surface area (Å²) in [5.74, 6) is 1.40. The third-order valence-corrected chi connectivity index (χ3v) is 4.88. The summed E-state index contributed by atoms with van der Waals surface area (Å²) in [5.41, 5.74) is 1.86. The van der Waals surface area contributed by atoms with Gasteiger partial charge in [-0.1, -0.05) is 18.2 Å². The summed E-state index contributed by atoms with van der Waals surface area (Å²) in [5, 5.41) is 0. The Hall–Kier alpha value is -2.69. The lowest BCUT2D eigenvalue weighted by Crippen LogP contribution is -2.58. The fraction of sp³-hybridized carbons (Fsp3) is 0.350. The third kappa shape index (κ3) is 2.90. The fourth-order valence-electron chi connectivity index (χ4n) is 3.81. The highest BCUT2D eigenvalue weighted by Crippen LogP contribution is 2.33. The number of carbonyl (C=O) groups excluding carboxylic acids is 1. The van der Waals surface area contributed by atoms with Crippen LogP contribution in [-0.4, -0.2) is 42.8 Å². The average molecular weight is 338 g/mol. The van der Waals surface area contributed by atoms with Crippen LogP contribution in [-0.2, 0) is 0 Å². The molecule has 0 bridgehead atoms. The van der Waals surface area contributed by atoms with Crippen LogP contribution in [0, 0.1) is 0 Å². The minimum absolute atomic E-state index is 0.0460. The van der Waals surface area contributed by atoms with Crippen molar-refractivity contribution in [2.45, 2.75) is 25.9 Å². The van der Waals surface area contributed by atoms with Crippen LogP contribution in [0.2, 0.25) is 0 Å². The van der Waals surface area contributed by atoms with E-state index in [4.69, 9.17) is 9.47 Å². The van der Waals surface area contributed by atoms with Gasteiger partial charge in [-0.2, -0.15) is 0 Å². The van der Waals surface area contributed by atoms with E-state index < -0.39 is 0 Å². The Morgan fingerprint density at radius 3 is 2.36 bits per heavy atom. The second-order valence-electron chi connectivity index (χ2n) is 6.72. The van der Waals surface area contributed by atoms with Crippen molar-refractivity contribution < 1.29 is 14.3 Å². The molecular weight excluding hydrogens is 316 g/mol. The number of amides is 1. The lowest BCUT2D eigenvalue weighted by atomic mass is 10.0. The predicted octanol–water partition coefficient (Wildman–Crippen LogP) is 3.15. The third-order valence-electron chi connectivity index (χ3n) is 4.88. The molecule has 0 spiro atoms. The number of para-hydroxylation sites is 1. The molecule has 1 amide bonds. The second kappa shape index (κ2) is 6.31. The highest BCUT2D eigenvalue weighted by atomic mass is 16.7. The molecule has 0 radical (unpaired) electrons. The van der Waals surface area contributed by atoms with Gasteiger partial charge in [0.1, 0.15) is 0 Å². The Morgan fingerprint density at radius 1 is 0.960 bits per heavy atom. The Kier molecular flexibility index (Phi) is 3.99. The second-order valence-corrected chi connectivity index (χ2v) is 6.72. The zero-order valence-corrected chi connectivity index (χ0v) is 14.5. The lowest BCUT2D eigenvalue weighted by molar-refractivity contribution is 0.0700. The van der Waals surface area contributed by atoms with E-state index in [0.717, 1.165) is 0 Å². The van der Waals surface area contributed by atoms with Crippen molar-refractivity contribution in [2.75, 3.05) is 24.8 Å². The van der Waals surface area contributed by atoms with Gasteiger partial charge in [-0.3, -0.25) is 4.79 Å². The van der Waals surface area contributed by atoms with E-state index in [1.807, 2.05) is 23.1 Å². The van der Waals surface area contributed by atoms with Crippen molar-refractivity contribution in [1.29, 1.82) is 0 Å². The van der Waals surface area contributed by atoms with Crippen LogP contribution in [0.3, 0.4) is 0 Å². The van der Waals surface area contributed by atoms with Crippen molar-refractivity contribution in [3.63, 3.8) is 0 Å². The molecule has 4 rings (SSSR count). The molecule has 1 fully saturated rings. The molecule has 0 N–H and O–H groups in total. The monoisotopic (exact) mass is 338 g/mol. The molecule has 5 heteroatoms. The molecule has 130 valence electrons. The summed E-state index contributed by atoms with van der Waals surface area (Å²) >= 11 is 0. The van der Waals surface area contributed by atoms with Gasteiger partial charge < -0.3 is 19.3 Å². The fourth-order valence-corrected chi connectivity index (χ4v) is 3.81. The van der Waals surface area contributed by atoms with Gasteiger partial charge in [0.2, 0.25) is 6.79 Å². The normalized spacial score (nSPS) is 22.2. The molecule has 2 aliphatic rings. The maximum Gasteiger partial charge on any atom is 0.254 e. The number of hydrogen-bond donors (Lipinski definition) is 0. The Balaban J connectivity index is 1.52. The maximum absolute atomic E-state index is 12.9. The summed E-state index contributed by atoms with van der Waals surface area (Å²) in [6.07, 6.45) is 0. The first-order valence-corrected chi connectivity index (χ1v) is 8.66. The first-order chi connectivity index (χ1) is 12.1. The molecule has 2 aromatic rings. The average Bonchev–Trinajstić information content (AvgIpc) is 3.09. The predicted molar refractivity (Wildman–Crippen MR) is 96.3 cm³/mol. The van der Waals surface area contributed by atoms with Crippen molar-refractivity contribution in [3.8, 4) is 11.5 Å². The molecule has 0 aromatic heterocycles. The van der Waals surface area contributed by atoms with Crippen LogP contribution in [0.4, 0.5) is 5.69 Å². The number of ether oxygens (including phenoxy) is 2. The Morgan fingerprint density at radius 2 is 1.64 bits per heavy atom. The van der Waals surface area contributed by atoms with E-state index in [1.54, 1.807) is 6.07 Å². The van der Waals surface area contributed by atoms with E-state index in [0.29, 0.717) is 30.2 Å². The van der Waals surface area contributed by atoms with Crippen LogP contribution < -0.4 is 14.4 Å². The highest BCUT2D eigenvalue weighted by molar-refractivity contribution is 5.95. The highest BCUT2D eigenvalue weighted by Gasteiger charge is 2.32. The molecular formula is C20H22N2O3. The Labute approximate surface area is 147 Å². The quantitative estimate of drug-likeness (QED) is 0.844. The van der Waals surface area contributed by atoms with Gasteiger partial charge in [-0.15, -0.1) is 0 Å². The number of anilines is 1. The van der Waals surface area contributed by atoms with Gasteiger partial charge in [0.05, 0.1) is 0 Å². The molecule has 5 nitrogen and oxygen atoms in total. The molecule has 25 heavy (non-hydrogen) atoms. The van der Waals surface area contributed by atoms with Gasteiger partial charge in [0.25, 0.3) is 5.91 Å². The van der Waals surface area contributed by atoms with Crippen molar-refractivity contribution in [1.82, 2.24) is 4.90 Å². The first kappa shape index (κ1) is 15.8. The van der Waals surface area contributed by atoms with E-state index in [-0.39, 0.29) is 24.8 Å². The van der Waals surface area contributed by atoms with Gasteiger partial charge in [-0.25, -0.2) is 0 Å². The topological polar surface area (TPSA) is 42.0 Å². The SMILES string of the molecule is CC1CN(C(=O)c2ccc3c(c2)OCO3)CC(C)N1c1ccccc1. The van der Waals surface area contributed by atoms with Gasteiger partial charge in [0.15, 0.2) is 11.5 Å². The van der Waals surface area contributed by atoms with E-state index in [9.17, 15) is 4.79 Å². The van der Waals surface area contributed by atoms with Crippen molar-refractivity contribution in [2.24, 2.45) is 0 Å². The molecule has 2 heterocycles. The largest absolute Gasteiger partial charge is 0.454 e. The number of nitrogens with zero attached hydrogens (tertiary/aromatic N) is 2. The van der Waals surface area contributed by atoms with Crippen LogP contribution >= 0.6 is 0 Å². The van der Waals surface area contributed by atoms with E-state index in [1.165, 1.54) is 5.69 Å². The minimum Gasteiger partial charge on any atom is -0.454 e. The van der Waals surface area contributed by atoms with Gasteiger partial charge in [0, 0.05) is 36.4 Å². The molecule has 0 saturated carbocycles. The standard InChI is InChI=1S/C20H22N2O3/c1-14-11-21(12-15(2)22(14)17-6-4-3-5-7-17)20(23)16-8-9-18-19(10-16)25-13-24-18/h3-10,14-15H,11-13H2,1-2H3. The maximum atomic E-state index is 12.9. The van der Waals surface area contributed by atoms with Crippen LogP contribution in [0.25, 0.3) is 0 Å². The van der Waals surface area contributed by atoms with E-state index >= 15 is 0 Å². The summed E-state index contributed by atoms with van der Waals surface area (Å²) < 4.78 is 10.7. The lowest BCUT2D eigenvalue weighted by Gasteiger charge is -2.46. The molecule has 1 saturated heterocycles. The van der Waals surface area contributed by atoms with Crippen molar-refractivity contribution >= 4 is 11.6 Å². The van der Waals surface area contributed by atoms with E-state index in [2.05, 4.69) is 43.0 Å². The van der Waals surface area contributed by atoms with Crippen molar-refractivity contribution in [3.05, 3.63) is 54.1 Å². The summed E-state index contributed by atoms with van der Waals surface area (Å²) in [6.45, 7) is 5.96. The van der Waals surface area contributed by atoms with Crippen LogP contribution in [0.5, 0.6) is 11.5 Å². The first-order valence-electron chi connectivity index (χ1n) is 8.66. The van der Waals surface area contributed by atoms with Crippen LogP contribution in [0.15, 0.2) is 48.5 Å². The summed E-state index contributed by atoms with van der Waals surface area (Å²) in [7, 11) is 0. The summed E-state index contributed by atoms with van der Waals surface area (Å²) in [6, 6.07) is 16.3. The zero-order chi connectivity index (χ0) is 17.4. The molecule has 2 unspecified atom stereocenters. The number of benzene rings is 2. The number of rotatable bonds is 2. The number of hydrogen-bond acceptors (Lipinski definition) is 4. The molecule has 2 atom stereocenters. The number of carbonyl (C=O) groups is 1. The smallest absolute Gasteiger partial charge is 0.254 e. The Bertz CT molecular complexity index is 766. The number of piperazine rings is 1. The van der Waals surface area contributed by atoms with Gasteiger partial charge >= 0.3 is 0 Å². The van der Waals surface area contributed by atoms with Gasteiger partial charge in [-0.05, 0) is 44.2 Å². The molecule has 2 aliphatic heterocycles. The molecule has 0 aliphatic carbocycles.